The van der Waals surface area contributed by atoms with Gasteiger partial charge in [-0.25, -0.2) is 13.4 Å². The molecule has 0 radical (unpaired) electrons. The lowest BCUT2D eigenvalue weighted by Crippen LogP contribution is -2.30. The Morgan fingerprint density at radius 1 is 1.12 bits per heavy atom. The molecule has 0 spiro atoms. The molecule has 0 amide bonds. The largest absolute Gasteiger partial charge is 0.476 e. The Hall–Kier alpha value is -2.39. The number of hydrogen-bond acceptors (Lipinski definition) is 7. The highest BCUT2D eigenvalue weighted by atomic mass is 32.2. The van der Waals surface area contributed by atoms with Crippen LogP contribution >= 0.6 is 0 Å². The zero-order chi connectivity index (χ0) is 18.4. The Labute approximate surface area is 148 Å². The minimum atomic E-state index is -3.48. The first-order valence-electron chi connectivity index (χ1n) is 8.04. The van der Waals surface area contributed by atoms with E-state index in [4.69, 9.17) is 10.5 Å². The molecule has 0 saturated carbocycles. The van der Waals surface area contributed by atoms with Crippen LogP contribution in [0.15, 0.2) is 35.5 Å². The third-order valence-corrected chi connectivity index (χ3v) is 5.65. The van der Waals surface area contributed by atoms with Crippen LogP contribution in [0.1, 0.15) is 20.8 Å². The lowest BCUT2D eigenvalue weighted by molar-refractivity contribution is 0.328. The lowest BCUT2D eigenvalue weighted by atomic mass is 10.3. The Morgan fingerprint density at radius 3 is 2.32 bits per heavy atom. The van der Waals surface area contributed by atoms with Gasteiger partial charge in [0, 0.05) is 18.8 Å². The van der Waals surface area contributed by atoms with E-state index in [1.54, 1.807) is 24.3 Å². The molecule has 136 valence electrons. The number of nitrogens with two attached hydrogens (primary N) is 1. The van der Waals surface area contributed by atoms with Gasteiger partial charge in [-0.2, -0.15) is 9.29 Å². The zero-order valence-corrected chi connectivity index (χ0v) is 15.4. The summed E-state index contributed by atoms with van der Waals surface area (Å²) < 4.78 is 31.7. The quantitative estimate of drug-likeness (QED) is 0.738. The third-order valence-electron chi connectivity index (χ3n) is 3.59. The predicted octanol–water partition coefficient (Wildman–Crippen LogP) is 2.23. The van der Waals surface area contributed by atoms with E-state index in [1.807, 2.05) is 20.8 Å². The van der Waals surface area contributed by atoms with Gasteiger partial charge in [0.15, 0.2) is 5.82 Å². The lowest BCUT2D eigenvalue weighted by Gasteiger charge is -2.18. The first-order chi connectivity index (χ1) is 11.9. The number of anilines is 3. The molecule has 9 heteroatoms. The first kappa shape index (κ1) is 18.9. The minimum absolute atomic E-state index is 0.243. The maximum atomic E-state index is 12.5. The molecule has 0 bridgehead atoms. The van der Waals surface area contributed by atoms with Crippen LogP contribution in [0.5, 0.6) is 5.88 Å². The molecule has 2 rings (SSSR count). The topological polar surface area (TPSA) is 110 Å². The van der Waals surface area contributed by atoms with Crippen molar-refractivity contribution >= 4 is 27.2 Å². The van der Waals surface area contributed by atoms with Crippen molar-refractivity contribution in [3.63, 3.8) is 0 Å². The number of ether oxygens (including phenoxy) is 1. The highest BCUT2D eigenvalue weighted by molar-refractivity contribution is 7.89. The van der Waals surface area contributed by atoms with Gasteiger partial charge in [0.05, 0.1) is 11.5 Å². The summed E-state index contributed by atoms with van der Waals surface area (Å²) in [4.78, 5) is 8.30. The van der Waals surface area contributed by atoms with E-state index in [0.717, 1.165) is 0 Å². The van der Waals surface area contributed by atoms with Gasteiger partial charge in [0.25, 0.3) is 0 Å². The summed E-state index contributed by atoms with van der Waals surface area (Å²) in [5.74, 6) is 0.707. The number of nitrogens with one attached hydrogen (secondary N) is 1. The Morgan fingerprint density at radius 2 is 1.76 bits per heavy atom. The van der Waals surface area contributed by atoms with Crippen LogP contribution < -0.4 is 15.8 Å². The smallest absolute Gasteiger partial charge is 0.243 e. The number of rotatable bonds is 8. The number of nitrogens with zero attached hydrogens (tertiary/aromatic N) is 3. The summed E-state index contributed by atoms with van der Waals surface area (Å²) >= 11 is 0. The van der Waals surface area contributed by atoms with E-state index in [0.29, 0.717) is 42.8 Å². The van der Waals surface area contributed by atoms with E-state index >= 15 is 0 Å². The van der Waals surface area contributed by atoms with Gasteiger partial charge in [0.2, 0.25) is 15.9 Å². The van der Waals surface area contributed by atoms with Crippen LogP contribution in [-0.4, -0.2) is 42.4 Å². The number of nitrogen functional groups attached to an aromatic ring is 1. The Balaban J connectivity index is 2.23. The van der Waals surface area contributed by atoms with Gasteiger partial charge >= 0.3 is 0 Å². The average Bonchev–Trinajstić information content (AvgIpc) is 2.60. The number of benzene rings is 1. The van der Waals surface area contributed by atoms with Crippen molar-refractivity contribution < 1.29 is 13.2 Å². The fraction of sp³-hybridized carbons (Fsp3) is 0.375. The molecular formula is C16H23N5O3S. The van der Waals surface area contributed by atoms with Crippen molar-refractivity contribution in [2.75, 3.05) is 30.7 Å². The van der Waals surface area contributed by atoms with Crippen molar-refractivity contribution in [1.82, 2.24) is 14.3 Å². The normalized spacial score (nSPS) is 11.5. The molecule has 0 unspecified atom stereocenters. The summed E-state index contributed by atoms with van der Waals surface area (Å²) in [5, 5.41) is 3.04. The van der Waals surface area contributed by atoms with Gasteiger partial charge in [0.1, 0.15) is 12.0 Å². The van der Waals surface area contributed by atoms with Crippen LogP contribution in [0.25, 0.3) is 0 Å². The fourth-order valence-electron chi connectivity index (χ4n) is 2.29. The zero-order valence-electron chi connectivity index (χ0n) is 14.6. The van der Waals surface area contributed by atoms with Gasteiger partial charge in [-0.3, -0.25) is 0 Å². The Kier molecular flexibility index (Phi) is 6.16. The molecule has 0 atom stereocenters. The molecule has 1 aromatic carbocycles. The van der Waals surface area contributed by atoms with Gasteiger partial charge in [-0.1, -0.05) is 13.8 Å². The SMILES string of the molecule is CCOc1ncnc(Nc2ccc(S(=O)(=O)N(CC)CC)cc2)c1N. The molecule has 0 fully saturated rings. The summed E-state index contributed by atoms with van der Waals surface area (Å²) in [6.07, 6.45) is 1.35. The van der Waals surface area contributed by atoms with Crippen molar-refractivity contribution in [3.05, 3.63) is 30.6 Å². The molecule has 1 aromatic heterocycles. The second kappa shape index (κ2) is 8.13. The van der Waals surface area contributed by atoms with E-state index in [9.17, 15) is 8.42 Å². The van der Waals surface area contributed by atoms with E-state index in [-0.39, 0.29) is 4.90 Å². The summed E-state index contributed by atoms with van der Waals surface area (Å²) in [6.45, 7) is 6.75. The predicted molar refractivity (Wildman–Crippen MR) is 97.4 cm³/mol. The van der Waals surface area contributed by atoms with Gasteiger partial charge < -0.3 is 15.8 Å². The molecule has 0 aliphatic carbocycles. The third kappa shape index (κ3) is 4.18. The molecule has 3 N–H and O–H groups in total. The highest BCUT2D eigenvalue weighted by Gasteiger charge is 2.21. The average molecular weight is 365 g/mol. The van der Waals surface area contributed by atoms with Crippen LogP contribution in [-0.2, 0) is 10.0 Å². The molecule has 0 saturated heterocycles. The van der Waals surface area contributed by atoms with Crippen molar-refractivity contribution in [2.24, 2.45) is 0 Å². The second-order valence-corrected chi connectivity index (χ2v) is 7.05. The maximum Gasteiger partial charge on any atom is 0.243 e. The molecule has 25 heavy (non-hydrogen) atoms. The molecule has 8 nitrogen and oxygen atoms in total. The monoisotopic (exact) mass is 365 g/mol. The van der Waals surface area contributed by atoms with E-state index in [2.05, 4.69) is 15.3 Å². The fourth-order valence-corrected chi connectivity index (χ4v) is 3.75. The molecular weight excluding hydrogens is 342 g/mol. The number of sulfonamides is 1. The van der Waals surface area contributed by atoms with Crippen molar-refractivity contribution in [2.45, 2.75) is 25.7 Å². The first-order valence-corrected chi connectivity index (χ1v) is 9.48. The van der Waals surface area contributed by atoms with Crippen molar-refractivity contribution in [3.8, 4) is 5.88 Å². The maximum absolute atomic E-state index is 12.5. The number of hydrogen-bond donors (Lipinski definition) is 2. The van der Waals surface area contributed by atoms with Crippen molar-refractivity contribution in [1.29, 1.82) is 0 Å². The van der Waals surface area contributed by atoms with Gasteiger partial charge in [-0.05, 0) is 31.2 Å². The second-order valence-electron chi connectivity index (χ2n) is 5.11. The standard InChI is InChI=1S/C16H23N5O3S/c1-4-21(5-2)25(22,23)13-9-7-12(8-10-13)20-15-14(17)16(24-6-3)19-11-18-15/h7-11H,4-6,17H2,1-3H3,(H,18,19,20). The highest BCUT2D eigenvalue weighted by Crippen LogP contribution is 2.28. The van der Waals surface area contributed by atoms with E-state index < -0.39 is 10.0 Å². The molecule has 0 aliphatic heterocycles. The molecule has 2 aromatic rings. The summed E-state index contributed by atoms with van der Waals surface area (Å²) in [7, 11) is -3.48. The molecule has 0 aliphatic rings. The van der Waals surface area contributed by atoms with Crippen LogP contribution in [0.4, 0.5) is 17.2 Å². The number of aromatic nitrogens is 2. The molecule has 1 heterocycles. The Bertz CT molecular complexity index is 805. The summed E-state index contributed by atoms with van der Waals surface area (Å²) in [5.41, 5.74) is 6.93. The summed E-state index contributed by atoms with van der Waals surface area (Å²) in [6, 6.07) is 6.43. The van der Waals surface area contributed by atoms with Crippen LogP contribution in [0.2, 0.25) is 0 Å². The van der Waals surface area contributed by atoms with Crippen LogP contribution in [0, 0.1) is 0 Å². The van der Waals surface area contributed by atoms with E-state index in [1.165, 1.54) is 10.6 Å². The van der Waals surface area contributed by atoms with Crippen LogP contribution in [0.3, 0.4) is 0 Å². The van der Waals surface area contributed by atoms with Gasteiger partial charge in [-0.15, -0.1) is 0 Å². The minimum Gasteiger partial charge on any atom is -0.476 e.